The molecular formula is C21H26O2. The molecule has 0 unspecified atom stereocenters. The maximum atomic E-state index is 12.0. The molecule has 0 aromatic heterocycles. The number of rotatable bonds is 5. The molecule has 0 spiro atoms. The number of carbonyl (C=O) groups excluding carboxylic acids is 1. The van der Waals surface area contributed by atoms with Gasteiger partial charge in [0.1, 0.15) is 5.75 Å². The summed E-state index contributed by atoms with van der Waals surface area (Å²) in [5.41, 5.74) is 2.09. The van der Waals surface area contributed by atoms with Crippen LogP contribution in [0.2, 0.25) is 0 Å². The van der Waals surface area contributed by atoms with Crippen LogP contribution in [0.4, 0.5) is 0 Å². The fourth-order valence-corrected chi connectivity index (χ4v) is 2.53. The lowest BCUT2D eigenvalue weighted by atomic mass is 9.88. The first kappa shape index (κ1) is 17.3. The van der Waals surface area contributed by atoms with Gasteiger partial charge in [-0.1, -0.05) is 55.8 Å². The van der Waals surface area contributed by atoms with Gasteiger partial charge >= 0.3 is 5.97 Å². The van der Waals surface area contributed by atoms with Gasteiger partial charge in [0.25, 0.3) is 0 Å². The van der Waals surface area contributed by atoms with Gasteiger partial charge in [0, 0.05) is 5.92 Å². The molecule has 0 bridgehead atoms. The molecule has 0 N–H and O–H groups in total. The second kappa shape index (κ2) is 7.45. The number of hydrogen-bond donors (Lipinski definition) is 0. The van der Waals surface area contributed by atoms with Crippen LogP contribution in [0.1, 0.15) is 57.6 Å². The molecule has 0 fully saturated rings. The first-order valence-corrected chi connectivity index (χ1v) is 8.29. The van der Waals surface area contributed by atoms with E-state index in [0.717, 1.165) is 12.8 Å². The lowest BCUT2D eigenvalue weighted by molar-refractivity contribution is -0.142. The zero-order chi connectivity index (χ0) is 16.9. The van der Waals surface area contributed by atoms with Crippen LogP contribution < -0.4 is 4.74 Å². The smallest absolute Gasteiger partial charge is 0.316 e. The first-order chi connectivity index (χ1) is 10.9. The average molecular weight is 310 g/mol. The molecule has 23 heavy (non-hydrogen) atoms. The Morgan fingerprint density at radius 1 is 0.957 bits per heavy atom. The molecule has 2 aromatic rings. The molecule has 2 aromatic carbocycles. The van der Waals surface area contributed by atoms with Crippen molar-refractivity contribution in [1.29, 1.82) is 0 Å². The van der Waals surface area contributed by atoms with Gasteiger partial charge in [0.05, 0.1) is 5.41 Å². The summed E-state index contributed by atoms with van der Waals surface area (Å²) in [5.74, 6) is 0.781. The van der Waals surface area contributed by atoms with E-state index in [2.05, 4.69) is 43.3 Å². The van der Waals surface area contributed by atoms with E-state index < -0.39 is 5.41 Å². The molecule has 0 saturated heterocycles. The highest BCUT2D eigenvalue weighted by molar-refractivity contribution is 5.77. The Bertz CT molecular complexity index is 621. The van der Waals surface area contributed by atoms with E-state index in [-0.39, 0.29) is 5.97 Å². The highest BCUT2D eigenvalue weighted by Gasteiger charge is 2.23. The summed E-state index contributed by atoms with van der Waals surface area (Å²) >= 11 is 0. The first-order valence-electron chi connectivity index (χ1n) is 8.29. The predicted molar refractivity (Wildman–Crippen MR) is 94.7 cm³/mol. The van der Waals surface area contributed by atoms with Crippen molar-refractivity contribution < 1.29 is 9.53 Å². The summed E-state index contributed by atoms with van der Waals surface area (Å²) in [6.07, 6.45) is 2.23. The fourth-order valence-electron chi connectivity index (χ4n) is 2.53. The molecule has 0 aliphatic heterocycles. The van der Waals surface area contributed by atoms with Crippen molar-refractivity contribution >= 4 is 5.97 Å². The summed E-state index contributed by atoms with van der Waals surface area (Å²) in [7, 11) is 0. The standard InChI is InChI=1S/C21H26O2/c1-5-9-19(16-10-7-6-8-11-16)17-12-14-18(15-13-17)23-20(22)21(2,3)4/h6-8,10-15,19H,5,9H2,1-4H3/t19-/m1/s1. The topological polar surface area (TPSA) is 26.3 Å². The van der Waals surface area contributed by atoms with Crippen LogP contribution in [0.25, 0.3) is 0 Å². The van der Waals surface area contributed by atoms with Crippen molar-refractivity contribution in [2.75, 3.05) is 0 Å². The van der Waals surface area contributed by atoms with Crippen LogP contribution in [-0.4, -0.2) is 5.97 Å². The molecular weight excluding hydrogens is 284 g/mol. The van der Waals surface area contributed by atoms with Gasteiger partial charge in [0.15, 0.2) is 0 Å². The molecule has 0 heterocycles. The maximum Gasteiger partial charge on any atom is 0.316 e. The zero-order valence-electron chi connectivity index (χ0n) is 14.5. The largest absolute Gasteiger partial charge is 0.426 e. The van der Waals surface area contributed by atoms with Crippen molar-refractivity contribution in [1.82, 2.24) is 0 Å². The highest BCUT2D eigenvalue weighted by atomic mass is 16.5. The normalized spacial score (nSPS) is 12.7. The molecule has 2 heteroatoms. The molecule has 0 aliphatic rings. The lowest BCUT2D eigenvalue weighted by Gasteiger charge is -2.19. The van der Waals surface area contributed by atoms with Gasteiger partial charge in [-0.15, -0.1) is 0 Å². The quantitative estimate of drug-likeness (QED) is 0.533. The van der Waals surface area contributed by atoms with E-state index in [1.165, 1.54) is 11.1 Å². The number of benzene rings is 2. The van der Waals surface area contributed by atoms with E-state index in [1.807, 2.05) is 39.0 Å². The third-order valence-electron chi connectivity index (χ3n) is 3.88. The predicted octanol–water partition coefficient (Wildman–Crippen LogP) is 5.57. The van der Waals surface area contributed by atoms with Crippen molar-refractivity contribution in [2.24, 2.45) is 5.41 Å². The molecule has 0 aliphatic carbocycles. The minimum absolute atomic E-state index is 0.210. The van der Waals surface area contributed by atoms with E-state index in [9.17, 15) is 4.79 Å². The monoisotopic (exact) mass is 310 g/mol. The van der Waals surface area contributed by atoms with Gasteiger partial charge in [-0.3, -0.25) is 4.79 Å². The maximum absolute atomic E-state index is 12.0. The van der Waals surface area contributed by atoms with Crippen LogP contribution in [-0.2, 0) is 4.79 Å². The van der Waals surface area contributed by atoms with Gasteiger partial charge in [0.2, 0.25) is 0 Å². The molecule has 1 atom stereocenters. The molecule has 2 nitrogen and oxygen atoms in total. The van der Waals surface area contributed by atoms with Gasteiger partial charge in [-0.25, -0.2) is 0 Å². The molecule has 2 rings (SSSR count). The Balaban J connectivity index is 2.18. The minimum atomic E-state index is -0.493. The molecule has 122 valence electrons. The third-order valence-corrected chi connectivity index (χ3v) is 3.88. The van der Waals surface area contributed by atoms with E-state index in [0.29, 0.717) is 11.7 Å². The Morgan fingerprint density at radius 3 is 2.04 bits per heavy atom. The minimum Gasteiger partial charge on any atom is -0.426 e. The van der Waals surface area contributed by atoms with Crippen molar-refractivity contribution in [3.05, 3.63) is 65.7 Å². The summed E-state index contributed by atoms with van der Waals surface area (Å²) in [4.78, 5) is 12.0. The molecule has 0 amide bonds. The van der Waals surface area contributed by atoms with Gasteiger partial charge in [-0.05, 0) is 50.5 Å². The second-order valence-corrected chi connectivity index (χ2v) is 6.96. The fraction of sp³-hybridized carbons (Fsp3) is 0.381. The number of esters is 1. The lowest BCUT2D eigenvalue weighted by Crippen LogP contribution is -2.25. The molecule has 0 radical (unpaired) electrons. The van der Waals surface area contributed by atoms with Crippen molar-refractivity contribution in [3.63, 3.8) is 0 Å². The number of hydrogen-bond acceptors (Lipinski definition) is 2. The van der Waals surface area contributed by atoms with Crippen molar-refractivity contribution in [3.8, 4) is 5.75 Å². The Labute approximate surface area is 139 Å². The van der Waals surface area contributed by atoms with Gasteiger partial charge < -0.3 is 4.74 Å². The summed E-state index contributed by atoms with van der Waals surface area (Å²) in [5, 5.41) is 0. The summed E-state index contributed by atoms with van der Waals surface area (Å²) in [6, 6.07) is 18.5. The SMILES string of the molecule is CCC[C@H](c1ccccc1)c1ccc(OC(=O)C(C)(C)C)cc1. The summed E-state index contributed by atoms with van der Waals surface area (Å²) < 4.78 is 5.44. The van der Waals surface area contributed by atoms with Crippen LogP contribution in [0.15, 0.2) is 54.6 Å². The van der Waals surface area contributed by atoms with Crippen LogP contribution >= 0.6 is 0 Å². The number of carbonyl (C=O) groups is 1. The van der Waals surface area contributed by atoms with E-state index in [4.69, 9.17) is 4.74 Å². The zero-order valence-corrected chi connectivity index (χ0v) is 14.5. The Hall–Kier alpha value is -2.09. The summed E-state index contributed by atoms with van der Waals surface area (Å²) in [6.45, 7) is 7.78. The third kappa shape index (κ3) is 4.69. The van der Waals surface area contributed by atoms with Crippen LogP contribution in [0.5, 0.6) is 5.75 Å². The average Bonchev–Trinajstić information content (AvgIpc) is 2.53. The molecule has 0 saturated carbocycles. The van der Waals surface area contributed by atoms with Crippen molar-refractivity contribution in [2.45, 2.75) is 46.5 Å². The van der Waals surface area contributed by atoms with Crippen LogP contribution in [0.3, 0.4) is 0 Å². The van der Waals surface area contributed by atoms with Gasteiger partial charge in [-0.2, -0.15) is 0 Å². The number of ether oxygens (including phenoxy) is 1. The van der Waals surface area contributed by atoms with E-state index in [1.54, 1.807) is 0 Å². The highest BCUT2D eigenvalue weighted by Crippen LogP contribution is 2.30. The van der Waals surface area contributed by atoms with Crippen LogP contribution in [0, 0.1) is 5.41 Å². The second-order valence-electron chi connectivity index (χ2n) is 6.96. The van der Waals surface area contributed by atoms with E-state index >= 15 is 0 Å². The Kier molecular flexibility index (Phi) is 5.59. The Morgan fingerprint density at radius 2 is 1.52 bits per heavy atom.